The fourth-order valence-electron chi connectivity index (χ4n) is 1.98. The molecule has 2 aromatic carbocycles. The van der Waals surface area contributed by atoms with Crippen LogP contribution in [0.25, 0.3) is 0 Å². The Morgan fingerprint density at radius 1 is 1.05 bits per heavy atom. The molecule has 0 radical (unpaired) electrons. The first-order valence-electron chi connectivity index (χ1n) is 6.47. The van der Waals surface area contributed by atoms with Gasteiger partial charge in [0.1, 0.15) is 11.5 Å². The van der Waals surface area contributed by atoms with Crippen molar-refractivity contribution >= 4 is 11.6 Å². The Labute approximate surface area is 126 Å². The summed E-state index contributed by atoms with van der Waals surface area (Å²) in [5.74, 6) is 0.246. The number of benzene rings is 2. The maximum absolute atomic E-state index is 13.1. The van der Waals surface area contributed by atoms with Gasteiger partial charge in [0.25, 0.3) is 0 Å². The number of aryl methyl sites for hydroxylation is 1. The molecule has 0 N–H and O–H groups in total. The Hall–Kier alpha value is -1.68. The third-order valence-corrected chi connectivity index (χ3v) is 3.39. The molecule has 0 unspecified atom stereocenters. The van der Waals surface area contributed by atoms with Crippen molar-refractivity contribution in [1.82, 2.24) is 0 Å². The molecule has 5 heteroatoms. The molecule has 0 amide bonds. The minimum atomic E-state index is -4.49. The van der Waals surface area contributed by atoms with Crippen molar-refractivity contribution < 1.29 is 17.9 Å². The lowest BCUT2D eigenvalue weighted by Gasteiger charge is -2.16. The molecule has 0 saturated carbocycles. The zero-order valence-corrected chi connectivity index (χ0v) is 12.1. The first kappa shape index (κ1) is 15.7. The van der Waals surface area contributed by atoms with Crippen LogP contribution in [0, 0.1) is 0 Å². The lowest BCUT2D eigenvalue weighted by molar-refractivity contribution is -0.138. The summed E-state index contributed by atoms with van der Waals surface area (Å²) in [7, 11) is 0. The fourth-order valence-corrected chi connectivity index (χ4v) is 2.15. The highest BCUT2D eigenvalue weighted by Crippen LogP contribution is 2.39. The molecule has 0 aliphatic rings. The molecule has 0 atom stereocenters. The number of rotatable bonds is 4. The van der Waals surface area contributed by atoms with Crippen LogP contribution in [0.15, 0.2) is 42.5 Å². The number of alkyl halides is 4. The normalized spacial score (nSPS) is 11.5. The Morgan fingerprint density at radius 2 is 1.76 bits per heavy atom. The second kappa shape index (κ2) is 6.39. The van der Waals surface area contributed by atoms with Gasteiger partial charge in [-0.3, -0.25) is 0 Å². The van der Waals surface area contributed by atoms with Crippen molar-refractivity contribution in [3.8, 4) is 11.5 Å². The van der Waals surface area contributed by atoms with E-state index in [1.54, 1.807) is 12.1 Å². The lowest BCUT2D eigenvalue weighted by atomic mass is 10.1. The van der Waals surface area contributed by atoms with Crippen LogP contribution in [-0.2, 0) is 18.5 Å². The Bertz CT molecular complexity index is 623. The predicted octanol–water partition coefficient (Wildman–Crippen LogP) is 5.80. The van der Waals surface area contributed by atoms with Crippen molar-refractivity contribution in [2.45, 2.75) is 25.4 Å². The van der Waals surface area contributed by atoms with E-state index < -0.39 is 11.7 Å². The minimum Gasteiger partial charge on any atom is -0.456 e. The molecule has 21 heavy (non-hydrogen) atoms. The highest BCUT2D eigenvalue weighted by atomic mass is 35.5. The van der Waals surface area contributed by atoms with Gasteiger partial charge in [0.05, 0.1) is 5.56 Å². The zero-order valence-electron chi connectivity index (χ0n) is 11.4. The zero-order chi connectivity index (χ0) is 15.5. The van der Waals surface area contributed by atoms with E-state index in [9.17, 15) is 13.2 Å². The first-order chi connectivity index (χ1) is 9.95. The van der Waals surface area contributed by atoms with Gasteiger partial charge in [-0.1, -0.05) is 31.2 Å². The quantitative estimate of drug-likeness (QED) is 0.648. The third-order valence-electron chi connectivity index (χ3n) is 3.08. The van der Waals surface area contributed by atoms with Gasteiger partial charge < -0.3 is 4.74 Å². The van der Waals surface area contributed by atoms with E-state index in [4.69, 9.17) is 16.3 Å². The Morgan fingerprint density at radius 3 is 2.38 bits per heavy atom. The third kappa shape index (κ3) is 3.70. The molecule has 0 fully saturated rings. The number of ether oxygens (including phenoxy) is 1. The highest BCUT2D eigenvalue weighted by molar-refractivity contribution is 6.17. The molecule has 0 saturated heterocycles. The Balaban J connectivity index is 2.44. The van der Waals surface area contributed by atoms with Crippen LogP contribution in [0.2, 0.25) is 0 Å². The maximum atomic E-state index is 13.1. The van der Waals surface area contributed by atoms with Gasteiger partial charge in [-0.2, -0.15) is 13.2 Å². The lowest BCUT2D eigenvalue weighted by Crippen LogP contribution is -2.08. The summed E-state index contributed by atoms with van der Waals surface area (Å²) in [4.78, 5) is 0. The topological polar surface area (TPSA) is 9.23 Å². The molecule has 0 aliphatic carbocycles. The average Bonchev–Trinajstić information content (AvgIpc) is 2.47. The van der Waals surface area contributed by atoms with Crippen LogP contribution in [0.1, 0.15) is 23.6 Å². The molecular weight excluding hydrogens is 301 g/mol. The van der Waals surface area contributed by atoms with Gasteiger partial charge in [-0.15, -0.1) is 11.6 Å². The van der Waals surface area contributed by atoms with Crippen LogP contribution in [0.4, 0.5) is 13.2 Å². The molecule has 2 rings (SSSR count). The number of hydrogen-bond donors (Lipinski definition) is 0. The van der Waals surface area contributed by atoms with Crippen molar-refractivity contribution in [1.29, 1.82) is 0 Å². The van der Waals surface area contributed by atoms with E-state index in [0.717, 1.165) is 11.6 Å². The minimum absolute atomic E-state index is 0.0227. The van der Waals surface area contributed by atoms with E-state index in [2.05, 4.69) is 0 Å². The standard InChI is InChI=1S/C16H14ClF3O/c1-2-12-5-3-4-6-14(12)21-15-8-7-11(10-17)9-13(15)16(18,19)20/h3-9H,2,10H2,1H3. The summed E-state index contributed by atoms with van der Waals surface area (Å²) in [5.41, 5.74) is 0.443. The monoisotopic (exact) mass is 314 g/mol. The van der Waals surface area contributed by atoms with Gasteiger partial charge in [0.2, 0.25) is 0 Å². The maximum Gasteiger partial charge on any atom is 0.419 e. The van der Waals surface area contributed by atoms with Crippen LogP contribution >= 0.6 is 11.6 Å². The van der Waals surface area contributed by atoms with Gasteiger partial charge >= 0.3 is 6.18 Å². The number of halogens is 4. The SMILES string of the molecule is CCc1ccccc1Oc1ccc(CCl)cc1C(F)(F)F. The molecule has 0 heterocycles. The predicted molar refractivity (Wildman–Crippen MR) is 76.9 cm³/mol. The molecule has 0 spiro atoms. The van der Waals surface area contributed by atoms with Crippen molar-refractivity contribution in [3.05, 3.63) is 59.2 Å². The van der Waals surface area contributed by atoms with Gasteiger partial charge in [0, 0.05) is 5.88 Å². The van der Waals surface area contributed by atoms with Gasteiger partial charge in [0.15, 0.2) is 0 Å². The second-order valence-electron chi connectivity index (χ2n) is 4.53. The summed E-state index contributed by atoms with van der Waals surface area (Å²) in [6.45, 7) is 1.92. The van der Waals surface area contributed by atoms with Gasteiger partial charge in [-0.25, -0.2) is 0 Å². The van der Waals surface area contributed by atoms with E-state index in [-0.39, 0.29) is 11.6 Å². The van der Waals surface area contributed by atoms with Crippen LogP contribution in [0.5, 0.6) is 11.5 Å². The summed E-state index contributed by atoms with van der Waals surface area (Å²) in [6.07, 6.45) is -3.81. The average molecular weight is 315 g/mol. The summed E-state index contributed by atoms with van der Waals surface area (Å²) < 4.78 is 44.9. The molecule has 2 aromatic rings. The van der Waals surface area contributed by atoms with Gasteiger partial charge in [-0.05, 0) is 35.7 Å². The largest absolute Gasteiger partial charge is 0.456 e. The molecule has 112 valence electrons. The van der Waals surface area contributed by atoms with Crippen LogP contribution < -0.4 is 4.74 Å². The number of para-hydroxylation sites is 1. The van der Waals surface area contributed by atoms with E-state index >= 15 is 0 Å². The second-order valence-corrected chi connectivity index (χ2v) is 4.79. The summed E-state index contributed by atoms with van der Waals surface area (Å²) >= 11 is 5.60. The summed E-state index contributed by atoms with van der Waals surface area (Å²) in [6, 6.07) is 10.9. The number of hydrogen-bond acceptors (Lipinski definition) is 1. The molecule has 0 aliphatic heterocycles. The smallest absolute Gasteiger partial charge is 0.419 e. The van der Waals surface area contributed by atoms with E-state index in [1.165, 1.54) is 12.1 Å². The molecule has 0 aromatic heterocycles. The van der Waals surface area contributed by atoms with E-state index in [1.807, 2.05) is 19.1 Å². The Kier molecular flexibility index (Phi) is 4.78. The fraction of sp³-hybridized carbons (Fsp3) is 0.250. The highest BCUT2D eigenvalue weighted by Gasteiger charge is 2.35. The van der Waals surface area contributed by atoms with E-state index in [0.29, 0.717) is 17.7 Å². The van der Waals surface area contributed by atoms with Crippen LogP contribution in [0.3, 0.4) is 0 Å². The van der Waals surface area contributed by atoms with Crippen molar-refractivity contribution in [2.75, 3.05) is 0 Å². The van der Waals surface area contributed by atoms with Crippen molar-refractivity contribution in [2.24, 2.45) is 0 Å². The summed E-state index contributed by atoms with van der Waals surface area (Å²) in [5, 5.41) is 0. The van der Waals surface area contributed by atoms with Crippen molar-refractivity contribution in [3.63, 3.8) is 0 Å². The molecule has 1 nitrogen and oxygen atoms in total. The van der Waals surface area contributed by atoms with Crippen LogP contribution in [-0.4, -0.2) is 0 Å². The first-order valence-corrected chi connectivity index (χ1v) is 7.01. The molecule has 0 bridgehead atoms. The molecular formula is C16H14ClF3O.